The van der Waals surface area contributed by atoms with E-state index < -0.39 is 0 Å². The summed E-state index contributed by atoms with van der Waals surface area (Å²) in [6, 6.07) is 7.92. The van der Waals surface area contributed by atoms with Crippen LogP contribution < -0.4 is 0 Å². The summed E-state index contributed by atoms with van der Waals surface area (Å²) in [6.45, 7) is 7.65. The highest BCUT2D eigenvalue weighted by Crippen LogP contribution is 2.23. The summed E-state index contributed by atoms with van der Waals surface area (Å²) in [6.07, 6.45) is 3.80. The fourth-order valence-corrected chi connectivity index (χ4v) is 3.12. The van der Waals surface area contributed by atoms with Crippen molar-refractivity contribution in [3.05, 3.63) is 53.3 Å². The molecule has 0 aliphatic rings. The molecule has 0 unspecified atom stereocenters. The number of carbonyl (C=O) groups is 1. The van der Waals surface area contributed by atoms with E-state index in [2.05, 4.69) is 38.0 Å². The molecule has 0 saturated carbocycles. The van der Waals surface area contributed by atoms with E-state index in [1.54, 1.807) is 4.68 Å². The maximum Gasteiger partial charge on any atom is 0.244 e. The second-order valence-corrected chi connectivity index (χ2v) is 7.42. The van der Waals surface area contributed by atoms with Gasteiger partial charge in [0.25, 0.3) is 0 Å². The Morgan fingerprint density at radius 3 is 2.52 bits per heavy atom. The van der Waals surface area contributed by atoms with Crippen LogP contribution in [0.1, 0.15) is 36.6 Å². The lowest BCUT2D eigenvalue weighted by molar-refractivity contribution is -0.137. The summed E-state index contributed by atoms with van der Waals surface area (Å²) in [5.74, 6) is 0.536. The van der Waals surface area contributed by atoms with Crippen molar-refractivity contribution in [3.8, 4) is 0 Å². The first-order valence-electron chi connectivity index (χ1n) is 8.77. The minimum absolute atomic E-state index is 0.133. The fraction of sp³-hybridized carbons (Fsp3) is 0.500. The van der Waals surface area contributed by atoms with Gasteiger partial charge in [0.15, 0.2) is 0 Å². The molecule has 0 spiro atoms. The van der Waals surface area contributed by atoms with E-state index in [0.29, 0.717) is 12.5 Å². The molecule has 136 valence electrons. The first-order chi connectivity index (χ1) is 11.8. The second kappa shape index (κ2) is 8.30. The molecule has 0 saturated heterocycles. The number of nitrogens with zero attached hydrogens (tertiary/aromatic N) is 4. The normalized spacial score (nSPS) is 12.6. The fourth-order valence-electron chi connectivity index (χ4n) is 3.12. The van der Waals surface area contributed by atoms with Crippen LogP contribution in [0.25, 0.3) is 0 Å². The van der Waals surface area contributed by atoms with Crippen LogP contribution in [0.4, 0.5) is 0 Å². The minimum atomic E-state index is -0.282. The molecule has 5 heteroatoms. The van der Waals surface area contributed by atoms with Crippen LogP contribution >= 0.6 is 0 Å². The van der Waals surface area contributed by atoms with Crippen LogP contribution in [0.2, 0.25) is 0 Å². The smallest absolute Gasteiger partial charge is 0.244 e. The molecule has 1 aromatic carbocycles. The summed E-state index contributed by atoms with van der Waals surface area (Å²) in [5, 5.41) is 4.23. The Bertz CT molecular complexity index is 705. The molecule has 0 radical (unpaired) electrons. The van der Waals surface area contributed by atoms with Crippen LogP contribution in [-0.2, 0) is 18.4 Å². The Morgan fingerprint density at radius 1 is 1.28 bits per heavy atom. The Morgan fingerprint density at radius 2 is 2.00 bits per heavy atom. The molecular weight excluding hydrogens is 312 g/mol. The van der Waals surface area contributed by atoms with Crippen molar-refractivity contribution in [2.45, 2.75) is 33.4 Å². The van der Waals surface area contributed by atoms with Crippen molar-refractivity contribution in [1.82, 2.24) is 19.6 Å². The zero-order valence-corrected chi connectivity index (χ0v) is 16.2. The molecule has 25 heavy (non-hydrogen) atoms. The lowest BCUT2D eigenvalue weighted by atomic mass is 10.0. The SMILES string of the molecule is Cc1cccc([C@H](C(=O)N(Cc2cnn(C)c2)CC(C)C)N(C)C)c1. The number of aromatic nitrogens is 2. The van der Waals surface area contributed by atoms with Crippen molar-refractivity contribution < 1.29 is 4.79 Å². The quantitative estimate of drug-likeness (QED) is 0.777. The molecule has 1 atom stereocenters. The van der Waals surface area contributed by atoms with Gasteiger partial charge in [-0.2, -0.15) is 5.10 Å². The average molecular weight is 342 g/mol. The van der Waals surface area contributed by atoms with Crippen LogP contribution in [0.15, 0.2) is 36.7 Å². The van der Waals surface area contributed by atoms with Crippen molar-refractivity contribution in [2.24, 2.45) is 13.0 Å². The average Bonchev–Trinajstić information content (AvgIpc) is 2.91. The lowest BCUT2D eigenvalue weighted by Gasteiger charge is -2.32. The van der Waals surface area contributed by atoms with Crippen LogP contribution in [0, 0.1) is 12.8 Å². The highest BCUT2D eigenvalue weighted by Gasteiger charge is 2.28. The molecule has 0 fully saturated rings. The lowest BCUT2D eigenvalue weighted by Crippen LogP contribution is -2.41. The van der Waals surface area contributed by atoms with Gasteiger partial charge in [0.1, 0.15) is 6.04 Å². The number of aryl methyl sites for hydroxylation is 2. The van der Waals surface area contributed by atoms with Gasteiger partial charge in [-0.05, 0) is 32.5 Å². The number of benzene rings is 1. The van der Waals surface area contributed by atoms with E-state index in [9.17, 15) is 4.79 Å². The summed E-state index contributed by atoms with van der Waals surface area (Å²) in [7, 11) is 5.82. The minimum Gasteiger partial charge on any atom is -0.336 e. The largest absolute Gasteiger partial charge is 0.336 e. The van der Waals surface area contributed by atoms with Gasteiger partial charge in [0.2, 0.25) is 5.91 Å². The predicted octanol–water partition coefficient (Wildman–Crippen LogP) is 3.02. The number of hydrogen-bond acceptors (Lipinski definition) is 3. The third-order valence-corrected chi connectivity index (χ3v) is 4.14. The maximum atomic E-state index is 13.4. The van der Waals surface area contributed by atoms with Crippen molar-refractivity contribution in [3.63, 3.8) is 0 Å². The molecule has 1 aromatic heterocycles. The molecule has 0 aliphatic heterocycles. The third kappa shape index (κ3) is 5.16. The number of likely N-dealkylation sites (N-methyl/N-ethyl adjacent to an activating group) is 1. The molecule has 2 aromatic rings. The topological polar surface area (TPSA) is 41.4 Å². The molecule has 2 rings (SSSR count). The first-order valence-corrected chi connectivity index (χ1v) is 8.77. The summed E-state index contributed by atoms with van der Waals surface area (Å²) in [5.41, 5.74) is 3.26. The van der Waals surface area contributed by atoms with Gasteiger partial charge in [-0.15, -0.1) is 0 Å². The van der Waals surface area contributed by atoms with Gasteiger partial charge in [0, 0.05) is 31.9 Å². The van der Waals surface area contributed by atoms with Crippen LogP contribution in [0.5, 0.6) is 0 Å². The Kier molecular flexibility index (Phi) is 6.37. The first kappa shape index (κ1) is 19.2. The Hall–Kier alpha value is -2.14. The summed E-state index contributed by atoms with van der Waals surface area (Å²) >= 11 is 0. The second-order valence-electron chi connectivity index (χ2n) is 7.42. The molecule has 1 heterocycles. The van der Waals surface area contributed by atoms with Gasteiger partial charge >= 0.3 is 0 Å². The molecule has 1 amide bonds. The van der Waals surface area contributed by atoms with E-state index in [0.717, 1.165) is 17.7 Å². The maximum absolute atomic E-state index is 13.4. The molecule has 5 nitrogen and oxygen atoms in total. The van der Waals surface area contributed by atoms with Crippen molar-refractivity contribution in [1.29, 1.82) is 0 Å². The molecule has 0 aliphatic carbocycles. The highest BCUT2D eigenvalue weighted by molar-refractivity contribution is 5.83. The van der Waals surface area contributed by atoms with Gasteiger partial charge < -0.3 is 4.90 Å². The predicted molar refractivity (Wildman–Crippen MR) is 101 cm³/mol. The van der Waals surface area contributed by atoms with E-state index in [4.69, 9.17) is 0 Å². The zero-order chi connectivity index (χ0) is 18.6. The number of hydrogen-bond donors (Lipinski definition) is 0. The number of rotatable bonds is 7. The van der Waals surface area contributed by atoms with E-state index >= 15 is 0 Å². The number of carbonyl (C=O) groups excluding carboxylic acids is 1. The summed E-state index contributed by atoms with van der Waals surface area (Å²) in [4.78, 5) is 17.3. The van der Waals surface area contributed by atoms with Crippen molar-refractivity contribution >= 4 is 5.91 Å². The van der Waals surface area contributed by atoms with E-state index in [1.807, 2.05) is 55.5 Å². The van der Waals surface area contributed by atoms with Crippen molar-refractivity contribution in [2.75, 3.05) is 20.6 Å². The van der Waals surface area contributed by atoms with Gasteiger partial charge in [-0.3, -0.25) is 14.4 Å². The summed E-state index contributed by atoms with van der Waals surface area (Å²) < 4.78 is 1.78. The molecular formula is C20H30N4O. The van der Waals surface area contributed by atoms with Gasteiger partial charge in [-0.25, -0.2) is 0 Å². The van der Waals surface area contributed by atoms with Gasteiger partial charge in [0.05, 0.1) is 6.20 Å². The molecule has 0 bridgehead atoms. The Labute approximate surface area is 151 Å². The number of amides is 1. The molecule has 0 N–H and O–H groups in total. The Balaban J connectivity index is 2.30. The van der Waals surface area contributed by atoms with Crippen LogP contribution in [-0.4, -0.2) is 46.1 Å². The van der Waals surface area contributed by atoms with Crippen LogP contribution in [0.3, 0.4) is 0 Å². The zero-order valence-electron chi connectivity index (χ0n) is 16.2. The standard InChI is InChI=1S/C20H30N4O/c1-15(2)12-24(14-17-11-21-23(6)13-17)20(25)19(22(4)5)18-9-7-8-16(3)10-18/h7-11,13,15,19H,12,14H2,1-6H3/t19-/m1/s1. The van der Waals surface area contributed by atoms with E-state index in [1.165, 1.54) is 5.56 Å². The monoisotopic (exact) mass is 342 g/mol. The highest BCUT2D eigenvalue weighted by atomic mass is 16.2. The third-order valence-electron chi connectivity index (χ3n) is 4.14. The van der Waals surface area contributed by atoms with Gasteiger partial charge in [-0.1, -0.05) is 43.7 Å². The van der Waals surface area contributed by atoms with E-state index in [-0.39, 0.29) is 11.9 Å².